The molecule has 2 rings (SSSR count). The van der Waals surface area contributed by atoms with E-state index in [9.17, 15) is 30.7 Å². The fourth-order valence-electron chi connectivity index (χ4n) is 2.09. The van der Waals surface area contributed by atoms with E-state index >= 15 is 0 Å². The molecule has 13 heteroatoms. The second kappa shape index (κ2) is 9.63. The number of benzene rings is 2. The fourth-order valence-corrected chi connectivity index (χ4v) is 2.78. The van der Waals surface area contributed by atoms with Gasteiger partial charge in [-0.15, -0.1) is 0 Å². The summed E-state index contributed by atoms with van der Waals surface area (Å²) < 4.78 is 101. The predicted octanol–water partition coefficient (Wildman–Crippen LogP) is 6.51. The van der Waals surface area contributed by atoms with Crippen LogP contribution in [0, 0.1) is 0 Å². The van der Waals surface area contributed by atoms with Crippen molar-refractivity contribution in [2.75, 3.05) is 7.11 Å². The maximum Gasteiger partial charge on any atom is 0.462 e. The number of ether oxygens (including phenoxy) is 2. The average molecular weight is 582 g/mol. The number of alkyl halides is 7. The highest BCUT2D eigenvalue weighted by Crippen LogP contribution is 2.45. The summed E-state index contributed by atoms with van der Waals surface area (Å²) in [6, 6.07) is 4.27. The van der Waals surface area contributed by atoms with Gasteiger partial charge in [-0.1, -0.05) is 28.1 Å². The molecule has 0 radical (unpaired) electrons. The Morgan fingerprint density at radius 3 is 2.13 bits per heavy atom. The lowest BCUT2D eigenvalue weighted by atomic mass is 10.2. The van der Waals surface area contributed by atoms with Crippen LogP contribution in [0.5, 0.6) is 11.5 Å². The summed E-state index contributed by atoms with van der Waals surface area (Å²) >= 11 is 6.43. The average Bonchev–Trinajstić information content (AvgIpc) is 2.67. The second-order valence-electron chi connectivity index (χ2n) is 5.96. The van der Waals surface area contributed by atoms with Gasteiger partial charge in [0.25, 0.3) is 0 Å². The Morgan fingerprint density at radius 1 is 0.968 bits per heavy atom. The first-order valence-corrected chi connectivity index (χ1v) is 9.74. The van der Waals surface area contributed by atoms with Crippen molar-refractivity contribution in [3.63, 3.8) is 0 Å². The zero-order chi connectivity index (χ0) is 23.4. The molecular weight excluding hydrogens is 569 g/mol. The number of hydrazone groups is 1. The van der Waals surface area contributed by atoms with E-state index in [0.29, 0.717) is 11.6 Å². The minimum atomic E-state index is -6.46. The van der Waals surface area contributed by atoms with Crippen molar-refractivity contribution in [2.45, 2.75) is 24.8 Å². The highest BCUT2D eigenvalue weighted by atomic mass is 79.9. The van der Waals surface area contributed by atoms with E-state index in [4.69, 9.17) is 9.47 Å². The first-order valence-electron chi connectivity index (χ1n) is 8.16. The summed E-state index contributed by atoms with van der Waals surface area (Å²) in [5.41, 5.74) is 1.44. The topological polar surface area (TPSA) is 42.8 Å². The first kappa shape index (κ1) is 25.2. The van der Waals surface area contributed by atoms with E-state index in [1.807, 2.05) is 24.3 Å². The molecule has 0 unspecified atom stereocenters. The van der Waals surface area contributed by atoms with Crippen molar-refractivity contribution in [1.29, 1.82) is 0 Å². The lowest BCUT2D eigenvalue weighted by molar-refractivity contribution is -0.361. The van der Waals surface area contributed by atoms with Crippen molar-refractivity contribution in [2.24, 2.45) is 5.10 Å². The van der Waals surface area contributed by atoms with E-state index in [2.05, 4.69) is 37.0 Å². The van der Waals surface area contributed by atoms with Gasteiger partial charge in [-0.3, -0.25) is 0 Å². The summed E-state index contributed by atoms with van der Waals surface area (Å²) in [4.78, 5) is 0. The molecule has 0 aliphatic rings. The van der Waals surface area contributed by atoms with E-state index in [0.717, 1.165) is 10.0 Å². The van der Waals surface area contributed by atoms with Crippen molar-refractivity contribution in [3.8, 4) is 11.5 Å². The molecule has 0 aliphatic heterocycles. The third kappa shape index (κ3) is 6.03. The van der Waals surface area contributed by atoms with Gasteiger partial charge in [-0.25, -0.2) is 5.43 Å². The monoisotopic (exact) mass is 580 g/mol. The zero-order valence-electron chi connectivity index (χ0n) is 15.4. The second-order valence-corrected chi connectivity index (χ2v) is 7.73. The summed E-state index contributed by atoms with van der Waals surface area (Å²) in [6.07, 6.45) is -5.83. The summed E-state index contributed by atoms with van der Waals surface area (Å²) in [5, 5.41) is 2.82. The van der Waals surface area contributed by atoms with Crippen molar-refractivity contribution < 1.29 is 40.2 Å². The molecule has 0 fully saturated rings. The van der Waals surface area contributed by atoms with E-state index < -0.39 is 18.1 Å². The molecule has 0 amide bonds. The van der Waals surface area contributed by atoms with Crippen LogP contribution in [-0.4, -0.2) is 31.5 Å². The molecule has 31 heavy (non-hydrogen) atoms. The SMILES string of the molecule is COc1cc(/C=N/NC(F)(F)C(F)(F)C(F)(F)F)c(Br)cc1OCc1ccc(Br)cc1. The maximum atomic E-state index is 13.2. The minimum absolute atomic E-state index is 0.0477. The minimum Gasteiger partial charge on any atom is -0.493 e. The molecule has 170 valence electrons. The Kier molecular flexibility index (Phi) is 7.84. The van der Waals surface area contributed by atoms with Crippen molar-refractivity contribution in [3.05, 3.63) is 56.5 Å². The molecule has 0 bridgehead atoms. The molecule has 0 saturated carbocycles. The molecule has 1 N–H and O–H groups in total. The van der Waals surface area contributed by atoms with Crippen molar-refractivity contribution >= 4 is 38.1 Å². The molecule has 0 saturated heterocycles. The quantitative estimate of drug-likeness (QED) is 0.167. The van der Waals surface area contributed by atoms with Crippen LogP contribution in [0.2, 0.25) is 0 Å². The van der Waals surface area contributed by atoms with Gasteiger partial charge in [0.1, 0.15) is 6.61 Å². The number of hydrogen-bond donors (Lipinski definition) is 1. The summed E-state index contributed by atoms with van der Waals surface area (Å²) in [7, 11) is 1.30. The van der Waals surface area contributed by atoms with Crippen LogP contribution < -0.4 is 14.9 Å². The van der Waals surface area contributed by atoms with Gasteiger partial charge in [0.15, 0.2) is 11.5 Å². The van der Waals surface area contributed by atoms with Gasteiger partial charge in [0.05, 0.1) is 13.3 Å². The Hall–Kier alpha value is -2.02. The lowest BCUT2D eigenvalue weighted by Gasteiger charge is -2.27. The fraction of sp³-hybridized carbons (Fsp3) is 0.278. The summed E-state index contributed by atoms with van der Waals surface area (Å²) in [6.45, 7) is 0.170. The number of rotatable bonds is 8. The highest BCUT2D eigenvalue weighted by Gasteiger charge is 2.73. The molecule has 0 aliphatic carbocycles. The maximum absolute atomic E-state index is 13.2. The molecule has 0 aromatic heterocycles. The number of methoxy groups -OCH3 is 1. The van der Waals surface area contributed by atoms with Crippen molar-refractivity contribution in [1.82, 2.24) is 5.43 Å². The van der Waals surface area contributed by atoms with Gasteiger partial charge in [0.2, 0.25) is 0 Å². The van der Waals surface area contributed by atoms with Crippen LogP contribution in [-0.2, 0) is 6.61 Å². The van der Waals surface area contributed by atoms with Crippen LogP contribution >= 0.6 is 31.9 Å². The Morgan fingerprint density at radius 2 is 1.58 bits per heavy atom. The van der Waals surface area contributed by atoms with Crippen LogP contribution in [0.3, 0.4) is 0 Å². The van der Waals surface area contributed by atoms with E-state index in [-0.39, 0.29) is 28.1 Å². The molecule has 0 spiro atoms. The Balaban J connectivity index is 2.16. The Labute approximate surface area is 188 Å². The molecule has 0 heterocycles. The standard InChI is InChI=1S/C18H13Br2F7N2O2/c1-30-14-6-11(8-28-29-18(26,27)16(21,22)17(23,24)25)13(20)7-15(14)31-9-10-2-4-12(19)5-3-10/h2-8,29H,9H2,1H3/b28-8+. The number of nitrogens with zero attached hydrogens (tertiary/aromatic N) is 1. The predicted molar refractivity (Wildman–Crippen MR) is 106 cm³/mol. The first-order chi connectivity index (χ1) is 14.3. The van der Waals surface area contributed by atoms with E-state index in [1.54, 1.807) is 0 Å². The molecule has 0 atom stereocenters. The smallest absolute Gasteiger partial charge is 0.462 e. The largest absolute Gasteiger partial charge is 0.493 e. The molecular formula is C18H13Br2F7N2O2. The van der Waals surface area contributed by atoms with Gasteiger partial charge in [-0.2, -0.15) is 35.8 Å². The van der Waals surface area contributed by atoms with Gasteiger partial charge in [-0.05, 0) is 45.8 Å². The van der Waals surface area contributed by atoms with Crippen LogP contribution in [0.15, 0.2) is 50.4 Å². The zero-order valence-corrected chi connectivity index (χ0v) is 18.6. The molecule has 2 aromatic rings. The third-order valence-electron chi connectivity index (χ3n) is 3.75. The number of halogens is 9. The van der Waals surface area contributed by atoms with Crippen LogP contribution in [0.1, 0.15) is 11.1 Å². The highest BCUT2D eigenvalue weighted by molar-refractivity contribution is 9.10. The van der Waals surface area contributed by atoms with Crippen LogP contribution in [0.25, 0.3) is 0 Å². The van der Waals surface area contributed by atoms with Gasteiger partial charge in [0, 0.05) is 14.5 Å². The van der Waals surface area contributed by atoms with Crippen LogP contribution in [0.4, 0.5) is 30.7 Å². The molecule has 2 aromatic carbocycles. The van der Waals surface area contributed by atoms with Gasteiger partial charge >= 0.3 is 18.1 Å². The van der Waals surface area contributed by atoms with Gasteiger partial charge < -0.3 is 9.47 Å². The Bertz CT molecular complexity index is 936. The number of hydrogen-bond acceptors (Lipinski definition) is 4. The summed E-state index contributed by atoms with van der Waals surface area (Å²) in [5.74, 6) is -5.91. The van der Waals surface area contributed by atoms with E-state index in [1.165, 1.54) is 19.2 Å². The lowest BCUT2D eigenvalue weighted by Crippen LogP contribution is -2.58. The number of nitrogens with one attached hydrogen (secondary N) is 1. The normalized spacial score (nSPS) is 12.8. The third-order valence-corrected chi connectivity index (χ3v) is 4.96. The molecule has 4 nitrogen and oxygen atoms in total.